The van der Waals surface area contributed by atoms with Crippen LogP contribution in [0.2, 0.25) is 10.0 Å². The Kier molecular flexibility index (Phi) is 6.00. The van der Waals surface area contributed by atoms with Crippen LogP contribution >= 0.6 is 23.2 Å². The molecule has 2 aromatic carbocycles. The fraction of sp³-hybridized carbons (Fsp3) is 0.100. The summed E-state index contributed by atoms with van der Waals surface area (Å²) in [5.74, 6) is -0.467. The molecular weight excluding hydrogens is 415 g/mol. The van der Waals surface area contributed by atoms with Gasteiger partial charge >= 0.3 is 0 Å². The minimum atomic E-state index is -0.525. The predicted octanol–water partition coefficient (Wildman–Crippen LogP) is 5.07. The number of nitrogens with zero attached hydrogens (tertiary/aromatic N) is 3. The first-order chi connectivity index (χ1) is 13.8. The normalized spacial score (nSPS) is 11.0. The van der Waals surface area contributed by atoms with Crippen LogP contribution in [0.1, 0.15) is 27.3 Å². The van der Waals surface area contributed by atoms with E-state index in [1.54, 1.807) is 12.1 Å². The van der Waals surface area contributed by atoms with E-state index in [2.05, 4.69) is 10.5 Å². The Labute approximate surface area is 176 Å². The number of carbonyl (C=O) groups is 1. The smallest absolute Gasteiger partial charge is 0.271 e. The molecule has 0 saturated carbocycles. The monoisotopic (exact) mass is 430 g/mol. The Morgan fingerprint density at radius 3 is 2.45 bits per heavy atom. The number of carbonyl (C=O) groups excluding carboxylic acids is 1. The molecule has 1 amide bonds. The highest BCUT2D eigenvalue weighted by molar-refractivity contribution is 6.35. The summed E-state index contributed by atoms with van der Waals surface area (Å²) >= 11 is 12.3. The molecule has 0 bridgehead atoms. The molecule has 0 radical (unpaired) electrons. The number of amides is 1. The van der Waals surface area contributed by atoms with Crippen molar-refractivity contribution in [2.24, 2.45) is 5.10 Å². The molecule has 148 valence electrons. The van der Waals surface area contributed by atoms with Gasteiger partial charge in [0.15, 0.2) is 0 Å². The molecule has 29 heavy (non-hydrogen) atoms. The topological polar surface area (TPSA) is 89.5 Å². The van der Waals surface area contributed by atoms with Crippen molar-refractivity contribution in [2.75, 3.05) is 0 Å². The van der Waals surface area contributed by atoms with Crippen molar-refractivity contribution < 1.29 is 9.72 Å². The molecule has 0 spiro atoms. The summed E-state index contributed by atoms with van der Waals surface area (Å²) in [7, 11) is 0. The molecular formula is C20H16Cl2N4O3. The van der Waals surface area contributed by atoms with Crippen molar-refractivity contribution in [1.29, 1.82) is 0 Å². The van der Waals surface area contributed by atoms with Crippen LogP contribution in [0.5, 0.6) is 0 Å². The van der Waals surface area contributed by atoms with Crippen molar-refractivity contribution in [3.8, 4) is 5.69 Å². The largest absolute Gasteiger partial charge is 0.316 e. The van der Waals surface area contributed by atoms with Crippen molar-refractivity contribution in [1.82, 2.24) is 9.99 Å². The maximum atomic E-state index is 12.1. The second kappa shape index (κ2) is 8.46. The number of aromatic nitrogens is 1. The maximum Gasteiger partial charge on any atom is 0.271 e. The van der Waals surface area contributed by atoms with Gasteiger partial charge in [0.05, 0.1) is 21.8 Å². The highest BCUT2D eigenvalue weighted by Gasteiger charge is 2.13. The van der Waals surface area contributed by atoms with E-state index in [4.69, 9.17) is 23.2 Å². The van der Waals surface area contributed by atoms with E-state index in [0.29, 0.717) is 10.0 Å². The Hall–Kier alpha value is -3.16. The van der Waals surface area contributed by atoms with Crippen molar-refractivity contribution in [2.45, 2.75) is 13.8 Å². The van der Waals surface area contributed by atoms with E-state index in [1.165, 1.54) is 30.5 Å². The molecule has 0 fully saturated rings. The molecule has 0 aliphatic rings. The zero-order valence-corrected chi connectivity index (χ0v) is 17.0. The summed E-state index contributed by atoms with van der Waals surface area (Å²) in [6, 6.07) is 12.5. The summed E-state index contributed by atoms with van der Waals surface area (Å²) in [4.78, 5) is 22.3. The van der Waals surface area contributed by atoms with Crippen LogP contribution < -0.4 is 5.43 Å². The van der Waals surface area contributed by atoms with Gasteiger partial charge in [-0.25, -0.2) is 5.43 Å². The molecule has 0 unspecified atom stereocenters. The van der Waals surface area contributed by atoms with Gasteiger partial charge in [-0.2, -0.15) is 5.10 Å². The lowest BCUT2D eigenvalue weighted by molar-refractivity contribution is -0.384. The molecule has 0 aliphatic heterocycles. The number of rotatable bonds is 5. The first kappa shape index (κ1) is 20.6. The second-order valence-corrected chi connectivity index (χ2v) is 7.10. The third-order valence-corrected chi connectivity index (χ3v) is 4.87. The van der Waals surface area contributed by atoms with Crippen LogP contribution in [-0.4, -0.2) is 21.6 Å². The molecule has 7 nitrogen and oxygen atoms in total. The third kappa shape index (κ3) is 4.47. The third-order valence-electron chi connectivity index (χ3n) is 4.33. The van der Waals surface area contributed by atoms with Gasteiger partial charge in [-0.1, -0.05) is 23.2 Å². The summed E-state index contributed by atoms with van der Waals surface area (Å²) in [6.07, 6.45) is 1.53. The molecule has 0 aliphatic carbocycles. The fourth-order valence-electron chi connectivity index (χ4n) is 2.91. The fourth-order valence-corrected chi connectivity index (χ4v) is 3.40. The molecule has 3 rings (SSSR count). The van der Waals surface area contributed by atoms with Gasteiger partial charge in [-0.05, 0) is 50.2 Å². The van der Waals surface area contributed by atoms with Crippen LogP contribution in [0.3, 0.4) is 0 Å². The molecule has 0 saturated heterocycles. The average molecular weight is 431 g/mol. The van der Waals surface area contributed by atoms with Gasteiger partial charge < -0.3 is 4.57 Å². The molecule has 0 atom stereocenters. The lowest BCUT2D eigenvalue weighted by Gasteiger charge is -2.11. The lowest BCUT2D eigenvalue weighted by Crippen LogP contribution is -2.17. The highest BCUT2D eigenvalue weighted by Crippen LogP contribution is 2.28. The number of hydrogen-bond donors (Lipinski definition) is 1. The van der Waals surface area contributed by atoms with Crippen molar-refractivity contribution in [3.63, 3.8) is 0 Å². The number of hydrogen-bond acceptors (Lipinski definition) is 4. The van der Waals surface area contributed by atoms with Gasteiger partial charge in [0.2, 0.25) is 0 Å². The van der Waals surface area contributed by atoms with Gasteiger partial charge in [-0.15, -0.1) is 0 Å². The predicted molar refractivity (Wildman–Crippen MR) is 113 cm³/mol. The van der Waals surface area contributed by atoms with Gasteiger partial charge in [0.25, 0.3) is 11.6 Å². The van der Waals surface area contributed by atoms with Crippen LogP contribution in [0.15, 0.2) is 53.6 Å². The van der Waals surface area contributed by atoms with Crippen LogP contribution in [-0.2, 0) is 0 Å². The number of nitrogens with one attached hydrogen (secondary N) is 1. The Balaban J connectivity index is 1.77. The number of benzene rings is 2. The number of non-ortho nitro benzene ring substituents is 1. The summed E-state index contributed by atoms with van der Waals surface area (Å²) < 4.78 is 1.97. The molecule has 1 N–H and O–H groups in total. The zero-order chi connectivity index (χ0) is 21.1. The minimum Gasteiger partial charge on any atom is -0.316 e. The van der Waals surface area contributed by atoms with E-state index in [1.807, 2.05) is 30.5 Å². The van der Waals surface area contributed by atoms with Crippen LogP contribution in [0.4, 0.5) is 5.69 Å². The molecule has 1 heterocycles. The second-order valence-electron chi connectivity index (χ2n) is 6.26. The first-order valence-electron chi connectivity index (χ1n) is 8.50. The van der Waals surface area contributed by atoms with Crippen molar-refractivity contribution in [3.05, 3.63) is 91.2 Å². The summed E-state index contributed by atoms with van der Waals surface area (Å²) in [5, 5.41) is 15.7. The Bertz CT molecular complexity index is 1120. The maximum absolute atomic E-state index is 12.1. The van der Waals surface area contributed by atoms with Crippen LogP contribution in [0, 0.1) is 24.0 Å². The Morgan fingerprint density at radius 1 is 1.14 bits per heavy atom. The van der Waals surface area contributed by atoms with Gasteiger partial charge in [0.1, 0.15) is 0 Å². The summed E-state index contributed by atoms with van der Waals surface area (Å²) in [6.45, 7) is 3.85. The number of nitro benzene ring substituents is 1. The van der Waals surface area contributed by atoms with Crippen LogP contribution in [0.25, 0.3) is 5.69 Å². The minimum absolute atomic E-state index is 0.0849. The highest BCUT2D eigenvalue weighted by atomic mass is 35.5. The van der Waals surface area contributed by atoms with Gasteiger partial charge in [0, 0.05) is 39.7 Å². The number of aryl methyl sites for hydroxylation is 1. The van der Waals surface area contributed by atoms with E-state index in [9.17, 15) is 14.9 Å². The quantitative estimate of drug-likeness (QED) is 0.347. The SMILES string of the molecule is Cc1cc(/C=N\NC(=O)c2ccc([N+](=O)[O-])cc2)c(C)n1-c1ccc(Cl)cc1Cl. The molecule has 3 aromatic rings. The summed E-state index contributed by atoms with van der Waals surface area (Å²) in [5.41, 5.74) is 6.03. The number of nitro groups is 1. The standard InChI is InChI=1S/C20H16Cl2N4O3/c1-12-9-15(13(2)25(12)19-8-5-16(21)10-18(19)22)11-23-24-20(27)14-3-6-17(7-4-14)26(28)29/h3-11H,1-2H3,(H,24,27)/b23-11-. The van der Waals surface area contributed by atoms with Gasteiger partial charge in [-0.3, -0.25) is 14.9 Å². The number of halogens is 2. The lowest BCUT2D eigenvalue weighted by atomic mass is 10.2. The van der Waals surface area contributed by atoms with Crippen molar-refractivity contribution >= 4 is 41.0 Å². The molecule has 1 aromatic heterocycles. The van der Waals surface area contributed by atoms with E-state index in [-0.39, 0.29) is 11.3 Å². The molecule has 9 heteroatoms. The Morgan fingerprint density at radius 2 is 1.83 bits per heavy atom. The van der Waals surface area contributed by atoms with E-state index in [0.717, 1.165) is 22.6 Å². The zero-order valence-electron chi connectivity index (χ0n) is 15.5. The number of hydrazone groups is 1. The van der Waals surface area contributed by atoms with E-state index < -0.39 is 10.8 Å². The first-order valence-corrected chi connectivity index (χ1v) is 9.25. The van der Waals surface area contributed by atoms with E-state index >= 15 is 0 Å². The average Bonchev–Trinajstić information content (AvgIpc) is 2.95.